The van der Waals surface area contributed by atoms with E-state index in [4.69, 9.17) is 0 Å². The van der Waals surface area contributed by atoms with Crippen LogP contribution in [0.15, 0.2) is 30.3 Å². The minimum Gasteiger partial charge on any atom is -0.206 e. The summed E-state index contributed by atoms with van der Waals surface area (Å²) >= 11 is 3.17. The molecule has 3 heteroatoms. The van der Waals surface area contributed by atoms with Crippen LogP contribution >= 0.6 is 15.9 Å². The zero-order valence-electron chi connectivity index (χ0n) is 6.93. The van der Waals surface area contributed by atoms with Crippen molar-refractivity contribution >= 4 is 15.9 Å². The summed E-state index contributed by atoms with van der Waals surface area (Å²) in [6, 6.07) is 8.97. The first-order chi connectivity index (χ1) is 6.12. The Kier molecular flexibility index (Phi) is 1.95. The highest BCUT2D eigenvalue weighted by atomic mass is 79.9. The van der Waals surface area contributed by atoms with Crippen molar-refractivity contribution in [2.45, 2.75) is 17.8 Å². The molecule has 0 aromatic heterocycles. The topological polar surface area (TPSA) is 0 Å². The Morgan fingerprint density at radius 2 is 1.77 bits per heavy atom. The highest BCUT2D eigenvalue weighted by molar-refractivity contribution is 9.09. The molecule has 0 saturated heterocycles. The van der Waals surface area contributed by atoms with Crippen LogP contribution in [-0.2, 0) is 5.41 Å². The van der Waals surface area contributed by atoms with Crippen molar-refractivity contribution in [1.29, 1.82) is 0 Å². The first-order valence-electron chi connectivity index (χ1n) is 4.12. The van der Waals surface area contributed by atoms with Gasteiger partial charge in [0.15, 0.2) is 0 Å². The van der Waals surface area contributed by atoms with Gasteiger partial charge in [0.2, 0.25) is 0 Å². The van der Waals surface area contributed by atoms with Gasteiger partial charge in [-0.05, 0) is 5.56 Å². The van der Waals surface area contributed by atoms with Crippen LogP contribution in [0.1, 0.15) is 12.0 Å². The van der Waals surface area contributed by atoms with Crippen molar-refractivity contribution in [3.63, 3.8) is 0 Å². The highest BCUT2D eigenvalue weighted by Gasteiger charge is 2.71. The normalized spacial score (nSPS) is 30.1. The van der Waals surface area contributed by atoms with Gasteiger partial charge in [-0.1, -0.05) is 46.3 Å². The molecule has 0 heterocycles. The second-order valence-corrected chi connectivity index (χ2v) is 4.02. The first-order valence-corrected chi connectivity index (χ1v) is 5.24. The Morgan fingerprint density at radius 1 is 1.23 bits per heavy atom. The fraction of sp³-hybridized carbons (Fsp3) is 0.400. The molecule has 1 aromatic carbocycles. The minimum atomic E-state index is -2.53. The summed E-state index contributed by atoms with van der Waals surface area (Å²) in [5.41, 5.74) is -0.203. The Morgan fingerprint density at radius 3 is 2.15 bits per heavy atom. The van der Waals surface area contributed by atoms with E-state index in [1.54, 1.807) is 24.3 Å². The standard InChI is InChI=1S/C10H9BrF2/c11-7-9(6-10(9,12)13)8-4-2-1-3-5-8/h1-5H,6-7H2. The Labute approximate surface area is 84.1 Å². The average Bonchev–Trinajstić information content (AvgIpc) is 2.72. The summed E-state index contributed by atoms with van der Waals surface area (Å²) in [7, 11) is 0. The van der Waals surface area contributed by atoms with Crippen molar-refractivity contribution in [2.24, 2.45) is 0 Å². The average molecular weight is 247 g/mol. The second kappa shape index (κ2) is 2.77. The third-order valence-corrected chi connectivity index (χ3v) is 3.61. The van der Waals surface area contributed by atoms with Gasteiger partial charge in [-0.3, -0.25) is 0 Å². The molecule has 1 aliphatic rings. The summed E-state index contributed by atoms with van der Waals surface area (Å²) < 4.78 is 26.2. The molecule has 0 N–H and O–H groups in total. The van der Waals surface area contributed by atoms with E-state index >= 15 is 0 Å². The summed E-state index contributed by atoms with van der Waals surface area (Å²) in [6.45, 7) is 0. The van der Waals surface area contributed by atoms with E-state index in [9.17, 15) is 8.78 Å². The quantitative estimate of drug-likeness (QED) is 0.703. The van der Waals surface area contributed by atoms with Gasteiger partial charge in [-0.25, -0.2) is 8.78 Å². The Balaban J connectivity index is 2.37. The lowest BCUT2D eigenvalue weighted by Crippen LogP contribution is -2.17. The lowest BCUT2D eigenvalue weighted by molar-refractivity contribution is 0.0934. The van der Waals surface area contributed by atoms with Crippen LogP contribution < -0.4 is 0 Å². The Bertz CT molecular complexity index is 310. The zero-order chi connectivity index (χ0) is 9.53. The van der Waals surface area contributed by atoms with Gasteiger partial charge in [0.1, 0.15) is 0 Å². The number of rotatable bonds is 2. The molecule has 0 amide bonds. The number of hydrogen-bond donors (Lipinski definition) is 0. The van der Waals surface area contributed by atoms with Crippen LogP contribution in [0.25, 0.3) is 0 Å². The molecule has 2 rings (SSSR count). The van der Waals surface area contributed by atoms with Crippen LogP contribution in [0.3, 0.4) is 0 Å². The van der Waals surface area contributed by atoms with Crippen LogP contribution in [-0.4, -0.2) is 11.3 Å². The van der Waals surface area contributed by atoms with E-state index < -0.39 is 11.3 Å². The molecule has 0 radical (unpaired) electrons. The van der Waals surface area contributed by atoms with Crippen molar-refractivity contribution in [1.82, 2.24) is 0 Å². The maximum atomic E-state index is 13.1. The molecular formula is C10H9BrF2. The lowest BCUT2D eigenvalue weighted by atomic mass is 9.98. The van der Waals surface area contributed by atoms with Gasteiger partial charge in [-0.15, -0.1) is 0 Å². The van der Waals surface area contributed by atoms with E-state index in [0.29, 0.717) is 5.33 Å². The monoisotopic (exact) mass is 246 g/mol. The van der Waals surface area contributed by atoms with Crippen molar-refractivity contribution in [2.75, 3.05) is 5.33 Å². The molecule has 1 fully saturated rings. The number of alkyl halides is 3. The lowest BCUT2D eigenvalue weighted by Gasteiger charge is -2.12. The van der Waals surface area contributed by atoms with Gasteiger partial charge in [0, 0.05) is 11.8 Å². The zero-order valence-corrected chi connectivity index (χ0v) is 8.52. The summed E-state index contributed by atoms with van der Waals surface area (Å²) in [5, 5.41) is 0.330. The maximum Gasteiger partial charge on any atom is 0.259 e. The molecule has 1 saturated carbocycles. The van der Waals surface area contributed by atoms with E-state index in [1.807, 2.05) is 6.07 Å². The fourth-order valence-corrected chi connectivity index (χ4v) is 2.56. The molecule has 0 aliphatic heterocycles. The number of halogens is 3. The van der Waals surface area contributed by atoms with Crippen molar-refractivity contribution in [3.8, 4) is 0 Å². The number of benzene rings is 1. The smallest absolute Gasteiger partial charge is 0.206 e. The largest absolute Gasteiger partial charge is 0.259 e. The van der Waals surface area contributed by atoms with Gasteiger partial charge < -0.3 is 0 Å². The summed E-state index contributed by atoms with van der Waals surface area (Å²) in [6.07, 6.45) is -0.0325. The molecule has 70 valence electrons. The van der Waals surface area contributed by atoms with E-state index in [-0.39, 0.29) is 6.42 Å². The molecule has 0 bridgehead atoms. The van der Waals surface area contributed by atoms with E-state index in [0.717, 1.165) is 5.56 Å². The molecular weight excluding hydrogens is 238 g/mol. The van der Waals surface area contributed by atoms with Gasteiger partial charge in [0.25, 0.3) is 5.92 Å². The van der Waals surface area contributed by atoms with Crippen molar-refractivity contribution in [3.05, 3.63) is 35.9 Å². The highest BCUT2D eigenvalue weighted by Crippen LogP contribution is 2.62. The SMILES string of the molecule is FC1(F)CC1(CBr)c1ccccc1. The predicted octanol–water partition coefficient (Wildman–Crippen LogP) is 3.36. The molecule has 0 nitrogen and oxygen atoms in total. The summed E-state index contributed by atoms with van der Waals surface area (Å²) in [5.74, 6) is -2.53. The molecule has 13 heavy (non-hydrogen) atoms. The van der Waals surface area contributed by atoms with Crippen LogP contribution in [0.5, 0.6) is 0 Å². The Hall–Kier alpha value is -0.440. The third kappa shape index (κ3) is 1.21. The number of hydrogen-bond acceptors (Lipinski definition) is 0. The maximum absolute atomic E-state index is 13.1. The molecule has 1 aromatic rings. The first kappa shape index (κ1) is 9.13. The van der Waals surface area contributed by atoms with Crippen LogP contribution in [0, 0.1) is 0 Å². The fourth-order valence-electron chi connectivity index (χ4n) is 1.63. The second-order valence-electron chi connectivity index (χ2n) is 3.46. The van der Waals surface area contributed by atoms with E-state index in [2.05, 4.69) is 15.9 Å². The molecule has 1 unspecified atom stereocenters. The predicted molar refractivity (Wildman–Crippen MR) is 51.5 cm³/mol. The van der Waals surface area contributed by atoms with E-state index in [1.165, 1.54) is 0 Å². The molecule has 0 spiro atoms. The third-order valence-electron chi connectivity index (χ3n) is 2.65. The van der Waals surface area contributed by atoms with Crippen LogP contribution in [0.4, 0.5) is 8.78 Å². The van der Waals surface area contributed by atoms with Crippen LogP contribution in [0.2, 0.25) is 0 Å². The summed E-state index contributed by atoms with van der Waals surface area (Å²) in [4.78, 5) is 0. The molecule has 1 atom stereocenters. The van der Waals surface area contributed by atoms with Gasteiger partial charge >= 0.3 is 0 Å². The van der Waals surface area contributed by atoms with Gasteiger partial charge in [0.05, 0.1) is 5.41 Å². The van der Waals surface area contributed by atoms with Gasteiger partial charge in [-0.2, -0.15) is 0 Å². The molecule has 1 aliphatic carbocycles. The minimum absolute atomic E-state index is 0.0325. The van der Waals surface area contributed by atoms with Crippen molar-refractivity contribution < 1.29 is 8.78 Å².